The monoisotopic (exact) mass is 247 g/mol. The molecule has 1 unspecified atom stereocenters. The van der Waals surface area contributed by atoms with Gasteiger partial charge in [-0.3, -0.25) is 4.90 Å². The first-order valence-electron chi connectivity index (χ1n) is 6.83. The minimum atomic E-state index is 0.566. The number of pyridine rings is 1. The Morgan fingerprint density at radius 1 is 1.22 bits per heavy atom. The van der Waals surface area contributed by atoms with Gasteiger partial charge < -0.3 is 9.64 Å². The zero-order chi connectivity index (χ0) is 12.4. The number of likely N-dealkylation sites (tertiary alicyclic amines) is 1. The van der Waals surface area contributed by atoms with Gasteiger partial charge in [0.2, 0.25) is 0 Å². The van der Waals surface area contributed by atoms with Gasteiger partial charge in [0, 0.05) is 25.3 Å². The van der Waals surface area contributed by atoms with E-state index in [0.717, 1.165) is 32.1 Å². The third-order valence-electron chi connectivity index (χ3n) is 4.01. The van der Waals surface area contributed by atoms with E-state index in [9.17, 15) is 0 Å². The highest BCUT2D eigenvalue weighted by Crippen LogP contribution is 2.30. The van der Waals surface area contributed by atoms with Gasteiger partial charge in [0.05, 0.1) is 13.2 Å². The average molecular weight is 247 g/mol. The normalized spacial score (nSPS) is 25.6. The highest BCUT2D eigenvalue weighted by Gasteiger charge is 2.23. The van der Waals surface area contributed by atoms with Crippen LogP contribution < -0.4 is 4.90 Å². The molecule has 0 spiro atoms. The summed E-state index contributed by atoms with van der Waals surface area (Å²) in [6.45, 7) is 4.74. The van der Waals surface area contributed by atoms with E-state index in [1.807, 2.05) is 0 Å². The van der Waals surface area contributed by atoms with Gasteiger partial charge in [-0.25, -0.2) is 4.98 Å². The second kappa shape index (κ2) is 5.24. The largest absolute Gasteiger partial charge is 0.378 e. The Labute approximate surface area is 109 Å². The van der Waals surface area contributed by atoms with Crippen molar-refractivity contribution in [3.05, 3.63) is 23.9 Å². The summed E-state index contributed by atoms with van der Waals surface area (Å²) in [7, 11) is 2.20. The van der Waals surface area contributed by atoms with Gasteiger partial charge in [-0.15, -0.1) is 0 Å². The number of aromatic nitrogens is 1. The standard InChI is InChI=1S/C14H21N3O/c1-16-6-2-3-13(16)12-4-5-14(15-11-12)17-7-9-18-10-8-17/h4-5,11,13H,2-3,6-10H2,1H3. The zero-order valence-corrected chi connectivity index (χ0v) is 11.0. The van der Waals surface area contributed by atoms with E-state index in [1.54, 1.807) is 0 Å². The van der Waals surface area contributed by atoms with Gasteiger partial charge in [0.25, 0.3) is 0 Å². The maximum atomic E-state index is 5.36. The van der Waals surface area contributed by atoms with Crippen molar-refractivity contribution in [3.8, 4) is 0 Å². The predicted molar refractivity (Wildman–Crippen MR) is 71.9 cm³/mol. The Balaban J connectivity index is 1.72. The maximum Gasteiger partial charge on any atom is 0.128 e. The SMILES string of the molecule is CN1CCCC1c1ccc(N2CCOCC2)nc1. The third kappa shape index (κ3) is 2.35. The summed E-state index contributed by atoms with van der Waals surface area (Å²) in [5.41, 5.74) is 1.35. The zero-order valence-electron chi connectivity index (χ0n) is 11.0. The summed E-state index contributed by atoms with van der Waals surface area (Å²) in [6, 6.07) is 4.97. The predicted octanol–water partition coefficient (Wildman–Crippen LogP) is 1.68. The Bertz CT molecular complexity index is 387. The Hall–Kier alpha value is -1.13. The molecule has 2 saturated heterocycles. The number of anilines is 1. The number of hydrogen-bond donors (Lipinski definition) is 0. The van der Waals surface area contributed by atoms with Crippen LogP contribution in [0.1, 0.15) is 24.4 Å². The fourth-order valence-corrected chi connectivity index (χ4v) is 2.91. The van der Waals surface area contributed by atoms with Gasteiger partial charge in [-0.2, -0.15) is 0 Å². The fourth-order valence-electron chi connectivity index (χ4n) is 2.91. The summed E-state index contributed by atoms with van der Waals surface area (Å²) in [6.07, 6.45) is 4.61. The molecule has 1 atom stereocenters. The molecule has 2 aliphatic heterocycles. The first kappa shape index (κ1) is 11.9. The fraction of sp³-hybridized carbons (Fsp3) is 0.643. The van der Waals surface area contributed by atoms with Crippen molar-refractivity contribution in [2.75, 3.05) is 44.8 Å². The van der Waals surface area contributed by atoms with Crippen molar-refractivity contribution in [1.29, 1.82) is 0 Å². The highest BCUT2D eigenvalue weighted by atomic mass is 16.5. The highest BCUT2D eigenvalue weighted by molar-refractivity contribution is 5.40. The minimum absolute atomic E-state index is 0.566. The van der Waals surface area contributed by atoms with Crippen LogP contribution in [0, 0.1) is 0 Å². The summed E-state index contributed by atoms with van der Waals surface area (Å²) in [5, 5.41) is 0. The molecule has 0 aromatic carbocycles. The van der Waals surface area contributed by atoms with Crippen molar-refractivity contribution in [2.45, 2.75) is 18.9 Å². The number of morpholine rings is 1. The average Bonchev–Trinajstić information content (AvgIpc) is 2.86. The Kier molecular flexibility index (Phi) is 3.48. The lowest BCUT2D eigenvalue weighted by atomic mass is 10.1. The first-order valence-corrected chi connectivity index (χ1v) is 6.83. The van der Waals surface area contributed by atoms with E-state index < -0.39 is 0 Å². The van der Waals surface area contributed by atoms with Crippen LogP contribution in [0.4, 0.5) is 5.82 Å². The summed E-state index contributed by atoms with van der Waals surface area (Å²) in [4.78, 5) is 9.34. The van der Waals surface area contributed by atoms with Crippen molar-refractivity contribution < 1.29 is 4.74 Å². The quantitative estimate of drug-likeness (QED) is 0.795. The van der Waals surface area contributed by atoms with Gasteiger partial charge in [0.15, 0.2) is 0 Å². The topological polar surface area (TPSA) is 28.6 Å². The van der Waals surface area contributed by atoms with E-state index in [0.29, 0.717) is 6.04 Å². The molecule has 0 aliphatic carbocycles. The van der Waals surface area contributed by atoms with E-state index in [2.05, 4.69) is 40.2 Å². The molecule has 2 aliphatic rings. The molecule has 1 aromatic heterocycles. The molecule has 3 rings (SSSR count). The molecular weight excluding hydrogens is 226 g/mol. The van der Waals surface area contributed by atoms with Gasteiger partial charge in [-0.1, -0.05) is 6.07 Å². The van der Waals surface area contributed by atoms with Crippen molar-refractivity contribution in [1.82, 2.24) is 9.88 Å². The molecule has 3 heterocycles. The third-order valence-corrected chi connectivity index (χ3v) is 4.01. The van der Waals surface area contributed by atoms with Crippen LogP contribution in [0.3, 0.4) is 0 Å². The van der Waals surface area contributed by atoms with Crippen LogP contribution in [0.2, 0.25) is 0 Å². The number of nitrogens with zero attached hydrogens (tertiary/aromatic N) is 3. The van der Waals surface area contributed by atoms with Gasteiger partial charge in [-0.05, 0) is 38.1 Å². The second-order valence-electron chi connectivity index (χ2n) is 5.19. The van der Waals surface area contributed by atoms with Gasteiger partial charge >= 0.3 is 0 Å². The van der Waals surface area contributed by atoms with Crippen LogP contribution in [0.15, 0.2) is 18.3 Å². The molecule has 98 valence electrons. The number of ether oxygens (including phenoxy) is 1. The van der Waals surface area contributed by atoms with Gasteiger partial charge in [0.1, 0.15) is 5.82 Å². The molecule has 18 heavy (non-hydrogen) atoms. The molecule has 0 bridgehead atoms. The van der Waals surface area contributed by atoms with Crippen LogP contribution >= 0.6 is 0 Å². The van der Waals surface area contributed by atoms with Crippen molar-refractivity contribution in [3.63, 3.8) is 0 Å². The maximum absolute atomic E-state index is 5.36. The van der Waals surface area contributed by atoms with Crippen molar-refractivity contribution in [2.24, 2.45) is 0 Å². The van der Waals surface area contributed by atoms with Crippen LogP contribution in [-0.4, -0.2) is 49.8 Å². The first-order chi connectivity index (χ1) is 8.84. The number of rotatable bonds is 2. The lowest BCUT2D eigenvalue weighted by Gasteiger charge is -2.28. The van der Waals surface area contributed by atoms with Crippen LogP contribution in [0.25, 0.3) is 0 Å². The van der Waals surface area contributed by atoms with E-state index >= 15 is 0 Å². The molecule has 0 amide bonds. The molecule has 4 nitrogen and oxygen atoms in total. The molecule has 2 fully saturated rings. The molecule has 0 saturated carbocycles. The molecule has 0 radical (unpaired) electrons. The van der Waals surface area contributed by atoms with E-state index in [-0.39, 0.29) is 0 Å². The number of hydrogen-bond acceptors (Lipinski definition) is 4. The Morgan fingerprint density at radius 3 is 2.67 bits per heavy atom. The second-order valence-corrected chi connectivity index (χ2v) is 5.19. The lowest BCUT2D eigenvalue weighted by molar-refractivity contribution is 0.122. The summed E-state index contributed by atoms with van der Waals surface area (Å²) < 4.78 is 5.36. The smallest absolute Gasteiger partial charge is 0.128 e. The molecule has 4 heteroatoms. The van der Waals surface area contributed by atoms with Crippen LogP contribution in [0.5, 0.6) is 0 Å². The lowest BCUT2D eigenvalue weighted by Crippen LogP contribution is -2.36. The summed E-state index contributed by atoms with van der Waals surface area (Å²) in [5.74, 6) is 1.09. The summed E-state index contributed by atoms with van der Waals surface area (Å²) >= 11 is 0. The van der Waals surface area contributed by atoms with Crippen LogP contribution in [-0.2, 0) is 4.74 Å². The van der Waals surface area contributed by atoms with E-state index in [4.69, 9.17) is 4.74 Å². The van der Waals surface area contributed by atoms with E-state index in [1.165, 1.54) is 24.9 Å². The van der Waals surface area contributed by atoms with Crippen molar-refractivity contribution >= 4 is 5.82 Å². The molecule has 1 aromatic rings. The minimum Gasteiger partial charge on any atom is -0.378 e. The Morgan fingerprint density at radius 2 is 2.06 bits per heavy atom. The molecular formula is C14H21N3O. The molecule has 0 N–H and O–H groups in total.